The molecule has 1 aliphatic heterocycles. The highest BCUT2D eigenvalue weighted by Gasteiger charge is 2.34. The number of aliphatic imine (C=N–C) groups is 1. The Morgan fingerprint density at radius 2 is 2.00 bits per heavy atom. The van der Waals surface area contributed by atoms with Crippen LogP contribution < -0.4 is 16.0 Å². The van der Waals surface area contributed by atoms with Crippen LogP contribution in [0.2, 0.25) is 0 Å². The third-order valence-corrected chi connectivity index (χ3v) is 5.30. The minimum Gasteiger partial charge on any atom is -0.444 e. The zero-order chi connectivity index (χ0) is 20.6. The second-order valence-electron chi connectivity index (χ2n) is 9.20. The average molecular weight is 396 g/mol. The van der Waals surface area contributed by atoms with E-state index in [9.17, 15) is 4.79 Å². The van der Waals surface area contributed by atoms with Crippen molar-refractivity contribution in [3.8, 4) is 0 Å². The molecular formula is C21H41N5O2. The normalized spacial score (nSPS) is 22.0. The topological polar surface area (TPSA) is 78.0 Å². The van der Waals surface area contributed by atoms with Gasteiger partial charge < -0.3 is 25.6 Å². The Kier molecular flexibility index (Phi) is 8.86. The van der Waals surface area contributed by atoms with Crippen LogP contribution in [0.1, 0.15) is 66.2 Å². The van der Waals surface area contributed by atoms with Crippen molar-refractivity contribution >= 4 is 12.1 Å². The second kappa shape index (κ2) is 10.9. The molecule has 3 N–H and O–H groups in total. The first-order valence-electron chi connectivity index (χ1n) is 11.0. The van der Waals surface area contributed by atoms with Gasteiger partial charge in [-0.15, -0.1) is 0 Å². The molecule has 7 nitrogen and oxygen atoms in total. The Bertz CT molecular complexity index is 513. The van der Waals surface area contributed by atoms with Crippen LogP contribution in [0.5, 0.6) is 0 Å². The van der Waals surface area contributed by atoms with Gasteiger partial charge in [0.15, 0.2) is 5.96 Å². The molecule has 1 aliphatic carbocycles. The number of nitrogens with zero attached hydrogens (tertiary/aromatic N) is 2. The number of unbranched alkanes of at least 4 members (excludes halogenated alkanes) is 1. The summed E-state index contributed by atoms with van der Waals surface area (Å²) in [7, 11) is 1.80. The third-order valence-electron chi connectivity index (χ3n) is 5.30. The van der Waals surface area contributed by atoms with Crippen molar-refractivity contribution in [1.29, 1.82) is 0 Å². The number of hydrogen-bond acceptors (Lipinski definition) is 4. The first-order valence-corrected chi connectivity index (χ1v) is 11.0. The SMILES string of the molecule is CCCCC(CNC(=O)OC(C)(C)C)NC(=NC)NCC1CCN(C2CC2)C1. The van der Waals surface area contributed by atoms with Gasteiger partial charge >= 0.3 is 6.09 Å². The van der Waals surface area contributed by atoms with Crippen molar-refractivity contribution in [3.05, 3.63) is 0 Å². The fourth-order valence-corrected chi connectivity index (χ4v) is 3.63. The summed E-state index contributed by atoms with van der Waals surface area (Å²) in [4.78, 5) is 19.0. The van der Waals surface area contributed by atoms with Gasteiger partial charge in [0, 0.05) is 38.8 Å². The van der Waals surface area contributed by atoms with Gasteiger partial charge in [-0.1, -0.05) is 19.8 Å². The maximum Gasteiger partial charge on any atom is 0.407 e. The molecule has 0 aromatic rings. The molecule has 1 saturated carbocycles. The first kappa shape index (κ1) is 22.8. The number of hydrogen-bond donors (Lipinski definition) is 3. The average Bonchev–Trinajstić information content (AvgIpc) is 3.37. The number of likely N-dealkylation sites (tertiary alicyclic amines) is 1. The van der Waals surface area contributed by atoms with Crippen molar-refractivity contribution in [2.75, 3.05) is 33.2 Å². The Labute approximate surface area is 171 Å². The van der Waals surface area contributed by atoms with Gasteiger partial charge in [-0.3, -0.25) is 4.99 Å². The van der Waals surface area contributed by atoms with Crippen LogP contribution in [0.4, 0.5) is 4.79 Å². The van der Waals surface area contributed by atoms with Crippen LogP contribution in [-0.2, 0) is 4.74 Å². The number of amides is 1. The smallest absolute Gasteiger partial charge is 0.407 e. The third kappa shape index (κ3) is 8.67. The van der Waals surface area contributed by atoms with E-state index in [4.69, 9.17) is 4.74 Å². The van der Waals surface area contributed by atoms with Crippen molar-refractivity contribution < 1.29 is 9.53 Å². The molecule has 162 valence electrons. The monoisotopic (exact) mass is 395 g/mol. The molecule has 0 aromatic carbocycles. The van der Waals surface area contributed by atoms with E-state index in [1.807, 2.05) is 20.8 Å². The van der Waals surface area contributed by atoms with Gasteiger partial charge in [0.25, 0.3) is 0 Å². The maximum absolute atomic E-state index is 12.0. The largest absolute Gasteiger partial charge is 0.444 e. The summed E-state index contributed by atoms with van der Waals surface area (Å²) in [6.07, 6.45) is 6.86. The zero-order valence-electron chi connectivity index (χ0n) is 18.5. The van der Waals surface area contributed by atoms with E-state index in [0.29, 0.717) is 12.5 Å². The lowest BCUT2D eigenvalue weighted by atomic mass is 10.1. The molecule has 2 rings (SSSR count). The van der Waals surface area contributed by atoms with E-state index in [-0.39, 0.29) is 12.1 Å². The molecule has 2 atom stereocenters. The van der Waals surface area contributed by atoms with Crippen molar-refractivity contribution in [3.63, 3.8) is 0 Å². The summed E-state index contributed by atoms with van der Waals surface area (Å²) in [5.41, 5.74) is -0.482. The highest BCUT2D eigenvalue weighted by atomic mass is 16.6. The van der Waals surface area contributed by atoms with Crippen LogP contribution >= 0.6 is 0 Å². The molecule has 7 heteroatoms. The van der Waals surface area contributed by atoms with Crippen LogP contribution in [-0.4, -0.2) is 67.9 Å². The summed E-state index contributed by atoms with van der Waals surface area (Å²) in [6.45, 7) is 11.7. The summed E-state index contributed by atoms with van der Waals surface area (Å²) >= 11 is 0. The number of guanidine groups is 1. The Hall–Kier alpha value is -1.50. The molecule has 1 saturated heterocycles. The number of carbonyl (C=O) groups excluding carboxylic acids is 1. The molecule has 0 spiro atoms. The molecule has 2 unspecified atom stereocenters. The fourth-order valence-electron chi connectivity index (χ4n) is 3.63. The maximum atomic E-state index is 12.0. The van der Waals surface area contributed by atoms with Crippen molar-refractivity contribution in [1.82, 2.24) is 20.9 Å². The molecule has 2 fully saturated rings. The minimum atomic E-state index is -0.482. The summed E-state index contributed by atoms with van der Waals surface area (Å²) in [5, 5.41) is 9.86. The number of carbonyl (C=O) groups is 1. The Morgan fingerprint density at radius 1 is 1.25 bits per heavy atom. The Morgan fingerprint density at radius 3 is 2.61 bits per heavy atom. The summed E-state index contributed by atoms with van der Waals surface area (Å²) < 4.78 is 5.34. The number of nitrogens with one attached hydrogen (secondary N) is 3. The highest BCUT2D eigenvalue weighted by Crippen LogP contribution is 2.31. The van der Waals surface area contributed by atoms with Crippen molar-refractivity contribution in [2.24, 2.45) is 10.9 Å². The quantitative estimate of drug-likeness (QED) is 0.413. The van der Waals surface area contributed by atoms with Crippen LogP contribution in [0, 0.1) is 5.92 Å². The lowest BCUT2D eigenvalue weighted by molar-refractivity contribution is 0.0523. The number of alkyl carbamates (subject to hydrolysis) is 1. The van der Waals surface area contributed by atoms with Gasteiger partial charge in [0.1, 0.15) is 5.60 Å². The van der Waals surface area contributed by atoms with E-state index < -0.39 is 5.60 Å². The van der Waals surface area contributed by atoms with Crippen LogP contribution in [0.3, 0.4) is 0 Å². The molecule has 0 aromatic heterocycles. The summed E-state index contributed by atoms with van der Waals surface area (Å²) in [6, 6.07) is 0.991. The molecule has 2 aliphatic rings. The first-order chi connectivity index (χ1) is 13.3. The zero-order valence-corrected chi connectivity index (χ0v) is 18.5. The molecule has 0 bridgehead atoms. The fraction of sp³-hybridized carbons (Fsp3) is 0.905. The molecule has 28 heavy (non-hydrogen) atoms. The number of ether oxygens (including phenoxy) is 1. The van der Waals surface area contributed by atoms with Gasteiger partial charge in [-0.25, -0.2) is 4.79 Å². The second-order valence-corrected chi connectivity index (χ2v) is 9.20. The van der Waals surface area contributed by atoms with E-state index in [1.165, 1.54) is 32.4 Å². The van der Waals surface area contributed by atoms with Gasteiger partial charge in [0.2, 0.25) is 0 Å². The van der Waals surface area contributed by atoms with Gasteiger partial charge in [-0.2, -0.15) is 0 Å². The summed E-state index contributed by atoms with van der Waals surface area (Å²) in [5.74, 6) is 1.50. The van der Waals surface area contributed by atoms with E-state index >= 15 is 0 Å². The highest BCUT2D eigenvalue weighted by molar-refractivity contribution is 5.80. The molecular weight excluding hydrogens is 354 g/mol. The van der Waals surface area contributed by atoms with Gasteiger partial charge in [0.05, 0.1) is 0 Å². The standard InChI is InChI=1S/C21H41N5O2/c1-6-7-8-17(14-24-20(27)28-21(2,3)4)25-19(22-5)23-13-16-11-12-26(15-16)18-9-10-18/h16-18H,6-15H2,1-5H3,(H,24,27)(H2,22,23,25). The Balaban J connectivity index is 1.75. The van der Waals surface area contributed by atoms with Crippen LogP contribution in [0.25, 0.3) is 0 Å². The van der Waals surface area contributed by atoms with E-state index in [0.717, 1.165) is 37.8 Å². The minimum absolute atomic E-state index is 0.130. The predicted molar refractivity (Wildman–Crippen MR) is 115 cm³/mol. The van der Waals surface area contributed by atoms with E-state index in [1.54, 1.807) is 7.05 Å². The molecule has 1 amide bonds. The lowest BCUT2D eigenvalue weighted by Gasteiger charge is -2.24. The van der Waals surface area contributed by atoms with Crippen LogP contribution in [0.15, 0.2) is 4.99 Å². The number of rotatable bonds is 9. The predicted octanol–water partition coefficient (Wildman–Crippen LogP) is 2.72. The van der Waals surface area contributed by atoms with Crippen molar-refractivity contribution in [2.45, 2.75) is 83.9 Å². The van der Waals surface area contributed by atoms with E-state index in [2.05, 4.69) is 32.8 Å². The molecule has 0 radical (unpaired) electrons. The van der Waals surface area contributed by atoms with Gasteiger partial charge in [-0.05, 0) is 58.9 Å². The lowest BCUT2D eigenvalue weighted by Crippen LogP contribution is -2.49. The molecule has 1 heterocycles.